The highest BCUT2D eigenvalue weighted by molar-refractivity contribution is 7.99. The number of rotatable bonds is 3. The fourth-order valence-corrected chi connectivity index (χ4v) is 3.79. The first-order valence-corrected chi connectivity index (χ1v) is 7.33. The van der Waals surface area contributed by atoms with Crippen LogP contribution in [0.5, 0.6) is 0 Å². The molecule has 2 aromatic heterocycles. The molecule has 0 saturated heterocycles. The Kier molecular flexibility index (Phi) is 3.23. The number of carboxylic acids is 1. The van der Waals surface area contributed by atoms with Crippen LogP contribution in [0.3, 0.4) is 0 Å². The Bertz CT molecular complexity index is 810. The summed E-state index contributed by atoms with van der Waals surface area (Å²) < 4.78 is 13.2. The minimum Gasteiger partial charge on any atom is -0.477 e. The maximum Gasteiger partial charge on any atom is 0.353 e. The highest BCUT2D eigenvalue weighted by Gasteiger charge is 2.21. The summed E-state index contributed by atoms with van der Waals surface area (Å²) >= 11 is 2.60. The number of halogens is 1. The summed E-state index contributed by atoms with van der Waals surface area (Å²) in [6, 6.07) is 6.04. The van der Waals surface area contributed by atoms with Crippen molar-refractivity contribution in [1.82, 2.24) is 9.97 Å². The van der Waals surface area contributed by atoms with Crippen molar-refractivity contribution in [3.63, 3.8) is 0 Å². The highest BCUT2D eigenvalue weighted by atomic mass is 32.2. The zero-order valence-corrected chi connectivity index (χ0v) is 11.9. The maximum atomic E-state index is 13.2. The topological polar surface area (TPSA) is 66.0 Å². The second-order valence-corrected chi connectivity index (χ2v) is 6.39. The van der Waals surface area contributed by atoms with E-state index in [4.69, 9.17) is 0 Å². The molecule has 0 amide bonds. The zero-order chi connectivity index (χ0) is 14.3. The van der Waals surface area contributed by atoms with Crippen LogP contribution in [0.25, 0.3) is 10.3 Å². The van der Waals surface area contributed by atoms with E-state index in [1.165, 1.54) is 35.2 Å². The van der Waals surface area contributed by atoms with Crippen LogP contribution in [0.2, 0.25) is 0 Å². The minimum absolute atomic E-state index is 0.0908. The van der Waals surface area contributed by atoms with Crippen molar-refractivity contribution in [2.75, 3.05) is 0 Å². The normalized spacial score (nSPS) is 11.1. The molecule has 20 heavy (non-hydrogen) atoms. The number of aromatic nitrogens is 2. The van der Waals surface area contributed by atoms with Crippen molar-refractivity contribution in [2.24, 2.45) is 0 Å². The Morgan fingerprint density at radius 3 is 3.00 bits per heavy atom. The predicted molar refractivity (Wildman–Crippen MR) is 76.2 cm³/mol. The highest BCUT2D eigenvalue weighted by Crippen LogP contribution is 2.38. The molecule has 102 valence electrons. The molecule has 3 rings (SSSR count). The smallest absolute Gasteiger partial charge is 0.353 e. The molecule has 7 heteroatoms. The van der Waals surface area contributed by atoms with Crippen molar-refractivity contribution in [2.45, 2.75) is 16.7 Å². The second-order valence-electron chi connectivity index (χ2n) is 4.10. The van der Waals surface area contributed by atoms with E-state index in [2.05, 4.69) is 9.97 Å². The molecular formula is C13H9FN2O2S2. The van der Waals surface area contributed by atoms with Crippen LogP contribution in [0.1, 0.15) is 15.5 Å². The summed E-state index contributed by atoms with van der Waals surface area (Å²) in [5.41, 5.74) is 0.715. The molecule has 0 aliphatic carbocycles. The third-order valence-electron chi connectivity index (χ3n) is 2.64. The van der Waals surface area contributed by atoms with Crippen LogP contribution < -0.4 is 0 Å². The van der Waals surface area contributed by atoms with Gasteiger partial charge in [-0.15, -0.1) is 11.3 Å². The van der Waals surface area contributed by atoms with Gasteiger partial charge in [0.05, 0.1) is 9.90 Å². The van der Waals surface area contributed by atoms with Crippen molar-refractivity contribution in [1.29, 1.82) is 0 Å². The molecule has 0 aliphatic rings. The van der Waals surface area contributed by atoms with E-state index in [1.54, 1.807) is 12.1 Å². The molecule has 0 aliphatic heterocycles. The number of aryl methyl sites for hydroxylation is 1. The van der Waals surface area contributed by atoms with Crippen LogP contribution in [0, 0.1) is 12.7 Å². The number of H-pyrrole nitrogens is 1. The van der Waals surface area contributed by atoms with E-state index in [1.807, 2.05) is 6.92 Å². The number of hydrogen-bond acceptors (Lipinski definition) is 4. The fourth-order valence-electron chi connectivity index (χ4n) is 1.85. The molecule has 2 heterocycles. The van der Waals surface area contributed by atoms with Crippen LogP contribution >= 0.6 is 23.1 Å². The third-order valence-corrected chi connectivity index (χ3v) is 4.62. The third kappa shape index (κ3) is 2.30. The van der Waals surface area contributed by atoms with Crippen molar-refractivity contribution in [3.05, 3.63) is 40.8 Å². The first-order chi connectivity index (χ1) is 9.54. The molecule has 0 saturated carbocycles. The molecular weight excluding hydrogens is 299 g/mol. The van der Waals surface area contributed by atoms with E-state index in [9.17, 15) is 14.3 Å². The number of aromatic carboxylic acids is 1. The monoisotopic (exact) mass is 308 g/mol. The summed E-state index contributed by atoms with van der Waals surface area (Å²) in [7, 11) is 0. The largest absolute Gasteiger partial charge is 0.477 e. The molecule has 1 aromatic carbocycles. The fraction of sp³-hybridized carbons (Fsp3) is 0.0769. The van der Waals surface area contributed by atoms with Crippen LogP contribution in [-0.2, 0) is 0 Å². The summed E-state index contributed by atoms with van der Waals surface area (Å²) in [5.74, 6) is -1.40. The summed E-state index contributed by atoms with van der Waals surface area (Å²) in [6.07, 6.45) is 0. The van der Waals surface area contributed by atoms with Gasteiger partial charge in [0, 0.05) is 4.90 Å². The average molecular weight is 308 g/mol. The minimum atomic E-state index is -1.05. The first-order valence-electron chi connectivity index (χ1n) is 5.70. The number of nitrogens with zero attached hydrogens (tertiary/aromatic N) is 1. The predicted octanol–water partition coefficient (Wildman–Crippen LogP) is 3.92. The number of benzene rings is 1. The van der Waals surface area contributed by atoms with Crippen LogP contribution in [-0.4, -0.2) is 21.0 Å². The number of hydrogen-bond donors (Lipinski definition) is 2. The van der Waals surface area contributed by atoms with E-state index in [0.29, 0.717) is 15.3 Å². The van der Waals surface area contributed by atoms with Gasteiger partial charge >= 0.3 is 5.97 Å². The lowest BCUT2D eigenvalue weighted by Gasteiger charge is -2.01. The quantitative estimate of drug-likeness (QED) is 0.769. The molecule has 0 bridgehead atoms. The van der Waals surface area contributed by atoms with Gasteiger partial charge in [0.25, 0.3) is 0 Å². The lowest BCUT2D eigenvalue weighted by Crippen LogP contribution is -1.98. The molecule has 0 spiro atoms. The van der Waals surface area contributed by atoms with E-state index < -0.39 is 5.97 Å². The Hall–Kier alpha value is -1.86. The van der Waals surface area contributed by atoms with E-state index in [-0.39, 0.29) is 11.5 Å². The van der Waals surface area contributed by atoms with E-state index >= 15 is 0 Å². The number of nitrogens with one attached hydrogen (secondary N) is 1. The van der Waals surface area contributed by atoms with Crippen molar-refractivity contribution in [3.8, 4) is 0 Å². The SMILES string of the molecule is Cc1nc2c(Sc3cccc(F)c3)c(C(=O)O)[nH]c2s1. The molecule has 3 aromatic rings. The number of fused-ring (bicyclic) bond motifs is 1. The molecule has 4 nitrogen and oxygen atoms in total. The lowest BCUT2D eigenvalue weighted by atomic mass is 10.3. The standard InChI is InChI=1S/C13H9FN2O2S2/c1-6-15-9-11(10(13(17)18)16-12(9)19-6)20-8-4-2-3-7(14)5-8/h2-5,16H,1H3,(H,17,18). The van der Waals surface area contributed by atoms with Gasteiger partial charge in [-0.05, 0) is 25.1 Å². The average Bonchev–Trinajstić information content (AvgIpc) is 2.87. The second kappa shape index (κ2) is 4.92. The molecule has 0 atom stereocenters. The maximum absolute atomic E-state index is 13.2. The van der Waals surface area contributed by atoms with Gasteiger partial charge in [-0.3, -0.25) is 0 Å². The van der Waals surface area contributed by atoms with Crippen molar-refractivity contribution < 1.29 is 14.3 Å². The van der Waals surface area contributed by atoms with Gasteiger partial charge in [0.15, 0.2) is 0 Å². The Balaban J connectivity index is 2.12. The summed E-state index contributed by atoms with van der Waals surface area (Å²) in [6.45, 7) is 1.86. The van der Waals surface area contributed by atoms with Crippen molar-refractivity contribution >= 4 is 39.4 Å². The zero-order valence-electron chi connectivity index (χ0n) is 10.3. The number of aromatic amines is 1. The lowest BCUT2D eigenvalue weighted by molar-refractivity contribution is 0.0688. The van der Waals surface area contributed by atoms with E-state index in [0.717, 1.165) is 9.84 Å². The van der Waals surface area contributed by atoms with Crippen LogP contribution in [0.4, 0.5) is 4.39 Å². The van der Waals surface area contributed by atoms with Gasteiger partial charge in [-0.2, -0.15) is 0 Å². The molecule has 0 radical (unpaired) electrons. The van der Waals surface area contributed by atoms with Gasteiger partial charge < -0.3 is 10.1 Å². The molecule has 0 fully saturated rings. The van der Waals surface area contributed by atoms with Crippen LogP contribution in [0.15, 0.2) is 34.1 Å². The number of carboxylic acid groups (broad SMARTS) is 1. The Morgan fingerprint density at radius 1 is 1.50 bits per heavy atom. The first kappa shape index (κ1) is 13.1. The van der Waals surface area contributed by atoms with Gasteiger partial charge in [0.2, 0.25) is 0 Å². The molecule has 2 N–H and O–H groups in total. The summed E-state index contributed by atoms with van der Waals surface area (Å²) in [5, 5.41) is 10.1. The van der Waals surface area contributed by atoms with Gasteiger partial charge in [0.1, 0.15) is 21.9 Å². The summed E-state index contributed by atoms with van der Waals surface area (Å²) in [4.78, 5) is 20.4. The van der Waals surface area contributed by atoms with Gasteiger partial charge in [-0.25, -0.2) is 14.2 Å². The Morgan fingerprint density at radius 2 is 2.30 bits per heavy atom. The number of carbonyl (C=O) groups is 1. The number of thiazole rings is 1. The molecule has 0 unspecified atom stereocenters. The Labute approximate surface area is 121 Å². The van der Waals surface area contributed by atoms with Gasteiger partial charge in [-0.1, -0.05) is 17.8 Å².